The SMILES string of the molecule is CCc1ccc(-c2ccc(NC(=S)NC(=O)c3ccc(C)cc3)cc2)o1. The number of benzene rings is 2. The topological polar surface area (TPSA) is 54.3 Å². The van der Waals surface area contributed by atoms with Crippen LogP contribution in [-0.2, 0) is 6.42 Å². The summed E-state index contributed by atoms with van der Waals surface area (Å²) in [6, 6.07) is 19.0. The number of thiocarbonyl (C=S) groups is 1. The molecule has 1 amide bonds. The van der Waals surface area contributed by atoms with Crippen LogP contribution in [0.2, 0.25) is 0 Å². The fourth-order valence-electron chi connectivity index (χ4n) is 2.48. The lowest BCUT2D eigenvalue weighted by molar-refractivity contribution is 0.0977. The highest BCUT2D eigenvalue weighted by atomic mass is 32.1. The fraction of sp³-hybridized carbons (Fsp3) is 0.143. The van der Waals surface area contributed by atoms with Gasteiger partial charge in [-0.3, -0.25) is 10.1 Å². The van der Waals surface area contributed by atoms with E-state index in [4.69, 9.17) is 16.6 Å². The van der Waals surface area contributed by atoms with Gasteiger partial charge in [-0.15, -0.1) is 0 Å². The van der Waals surface area contributed by atoms with Gasteiger partial charge in [0, 0.05) is 23.2 Å². The molecule has 0 saturated carbocycles. The highest BCUT2D eigenvalue weighted by molar-refractivity contribution is 7.80. The summed E-state index contributed by atoms with van der Waals surface area (Å²) < 4.78 is 5.75. The fourth-order valence-corrected chi connectivity index (χ4v) is 2.69. The average molecular weight is 364 g/mol. The molecule has 0 atom stereocenters. The van der Waals surface area contributed by atoms with Crippen molar-refractivity contribution in [2.24, 2.45) is 0 Å². The Morgan fingerprint density at radius 3 is 2.31 bits per heavy atom. The zero-order valence-corrected chi connectivity index (χ0v) is 15.5. The van der Waals surface area contributed by atoms with Crippen LogP contribution < -0.4 is 10.6 Å². The van der Waals surface area contributed by atoms with Gasteiger partial charge < -0.3 is 9.73 Å². The van der Waals surface area contributed by atoms with Crippen molar-refractivity contribution in [3.8, 4) is 11.3 Å². The molecule has 2 N–H and O–H groups in total. The van der Waals surface area contributed by atoms with E-state index in [0.717, 1.165) is 34.8 Å². The van der Waals surface area contributed by atoms with Crippen LogP contribution in [0.5, 0.6) is 0 Å². The van der Waals surface area contributed by atoms with E-state index in [1.165, 1.54) is 0 Å². The number of anilines is 1. The molecule has 4 nitrogen and oxygen atoms in total. The number of amides is 1. The van der Waals surface area contributed by atoms with Crippen molar-refractivity contribution in [1.82, 2.24) is 5.32 Å². The van der Waals surface area contributed by atoms with Gasteiger partial charge in [0.05, 0.1) is 0 Å². The third kappa shape index (κ3) is 4.37. The smallest absolute Gasteiger partial charge is 0.257 e. The lowest BCUT2D eigenvalue weighted by Crippen LogP contribution is -2.34. The van der Waals surface area contributed by atoms with E-state index in [1.54, 1.807) is 12.1 Å². The Morgan fingerprint density at radius 1 is 1.00 bits per heavy atom. The van der Waals surface area contributed by atoms with E-state index in [-0.39, 0.29) is 11.0 Å². The highest BCUT2D eigenvalue weighted by Gasteiger charge is 2.08. The van der Waals surface area contributed by atoms with E-state index < -0.39 is 0 Å². The highest BCUT2D eigenvalue weighted by Crippen LogP contribution is 2.24. The monoisotopic (exact) mass is 364 g/mol. The van der Waals surface area contributed by atoms with Crippen molar-refractivity contribution in [1.29, 1.82) is 0 Å². The molecule has 0 unspecified atom stereocenters. The summed E-state index contributed by atoms with van der Waals surface area (Å²) in [6.07, 6.45) is 0.870. The number of furan rings is 1. The number of hydrogen-bond donors (Lipinski definition) is 2. The molecule has 0 radical (unpaired) electrons. The van der Waals surface area contributed by atoms with Gasteiger partial charge in [-0.25, -0.2) is 0 Å². The maximum absolute atomic E-state index is 12.2. The first kappa shape index (κ1) is 17.9. The van der Waals surface area contributed by atoms with Gasteiger partial charge in [0.1, 0.15) is 11.5 Å². The summed E-state index contributed by atoms with van der Waals surface area (Å²) in [6.45, 7) is 4.03. The van der Waals surface area contributed by atoms with E-state index in [9.17, 15) is 4.79 Å². The molecule has 3 rings (SSSR count). The first-order chi connectivity index (χ1) is 12.5. The minimum absolute atomic E-state index is 0.234. The Bertz CT molecular complexity index is 912. The summed E-state index contributed by atoms with van der Waals surface area (Å²) in [7, 11) is 0. The summed E-state index contributed by atoms with van der Waals surface area (Å²) in [5, 5.41) is 5.96. The molecule has 26 heavy (non-hydrogen) atoms. The van der Waals surface area contributed by atoms with Gasteiger partial charge in [0.2, 0.25) is 0 Å². The average Bonchev–Trinajstić information content (AvgIpc) is 3.12. The second-order valence-electron chi connectivity index (χ2n) is 5.97. The maximum atomic E-state index is 12.2. The second-order valence-corrected chi connectivity index (χ2v) is 6.38. The molecule has 0 spiro atoms. The second kappa shape index (κ2) is 7.97. The van der Waals surface area contributed by atoms with Crippen LogP contribution in [-0.4, -0.2) is 11.0 Å². The molecule has 1 heterocycles. The predicted molar refractivity (Wildman–Crippen MR) is 108 cm³/mol. The first-order valence-electron chi connectivity index (χ1n) is 8.43. The Morgan fingerprint density at radius 2 is 1.69 bits per heavy atom. The Kier molecular flexibility index (Phi) is 5.49. The lowest BCUT2D eigenvalue weighted by atomic mass is 10.1. The summed E-state index contributed by atoms with van der Waals surface area (Å²) >= 11 is 5.22. The maximum Gasteiger partial charge on any atom is 0.257 e. The minimum Gasteiger partial charge on any atom is -0.461 e. The molecule has 132 valence electrons. The zero-order valence-electron chi connectivity index (χ0n) is 14.7. The third-order valence-electron chi connectivity index (χ3n) is 3.98. The van der Waals surface area contributed by atoms with Crippen molar-refractivity contribution in [3.05, 3.63) is 77.6 Å². The first-order valence-corrected chi connectivity index (χ1v) is 8.84. The number of nitrogens with one attached hydrogen (secondary N) is 2. The van der Waals surface area contributed by atoms with E-state index in [0.29, 0.717) is 5.56 Å². The Balaban J connectivity index is 1.60. The largest absolute Gasteiger partial charge is 0.461 e. The molecule has 0 bridgehead atoms. The molecular formula is C21H20N2O2S. The molecule has 0 saturated heterocycles. The van der Waals surface area contributed by atoms with Crippen molar-refractivity contribution in [3.63, 3.8) is 0 Å². The Hall–Kier alpha value is -2.92. The van der Waals surface area contributed by atoms with Crippen LogP contribution in [0, 0.1) is 6.92 Å². The molecule has 1 aromatic heterocycles. The normalized spacial score (nSPS) is 10.4. The third-order valence-corrected chi connectivity index (χ3v) is 4.18. The number of carbonyl (C=O) groups is 1. The molecule has 0 aliphatic carbocycles. The number of carbonyl (C=O) groups excluding carboxylic acids is 1. The van der Waals surface area contributed by atoms with Crippen molar-refractivity contribution in [2.45, 2.75) is 20.3 Å². The van der Waals surface area contributed by atoms with Crippen LogP contribution in [0.15, 0.2) is 65.1 Å². The van der Waals surface area contributed by atoms with Crippen molar-refractivity contribution >= 4 is 28.9 Å². The zero-order chi connectivity index (χ0) is 18.5. The Labute approximate surface area is 158 Å². The van der Waals surface area contributed by atoms with Gasteiger partial charge in [0.25, 0.3) is 5.91 Å². The van der Waals surface area contributed by atoms with Gasteiger partial charge in [0.15, 0.2) is 5.11 Å². The van der Waals surface area contributed by atoms with Crippen molar-refractivity contribution in [2.75, 3.05) is 5.32 Å². The standard InChI is InChI=1S/C21H20N2O2S/c1-3-18-12-13-19(25-18)15-8-10-17(11-9-15)22-21(26)23-20(24)16-6-4-14(2)5-7-16/h4-13H,3H2,1-2H3,(H2,22,23,24,26). The summed E-state index contributed by atoms with van der Waals surface area (Å²) in [5.41, 5.74) is 3.46. The summed E-state index contributed by atoms with van der Waals surface area (Å²) in [4.78, 5) is 12.2. The number of hydrogen-bond acceptors (Lipinski definition) is 3. The van der Waals surface area contributed by atoms with Crippen LogP contribution in [0.3, 0.4) is 0 Å². The van der Waals surface area contributed by atoms with Crippen LogP contribution in [0.4, 0.5) is 5.69 Å². The van der Waals surface area contributed by atoms with E-state index in [1.807, 2.05) is 55.5 Å². The molecule has 0 aliphatic rings. The lowest BCUT2D eigenvalue weighted by Gasteiger charge is -2.10. The van der Waals surface area contributed by atoms with Gasteiger partial charge in [-0.2, -0.15) is 0 Å². The molecule has 3 aromatic rings. The van der Waals surface area contributed by atoms with Crippen LogP contribution in [0.25, 0.3) is 11.3 Å². The molecule has 5 heteroatoms. The minimum atomic E-state index is -0.234. The molecule has 0 fully saturated rings. The molecular weight excluding hydrogens is 344 g/mol. The number of aryl methyl sites for hydroxylation is 2. The molecule has 0 aliphatic heterocycles. The van der Waals surface area contributed by atoms with Crippen LogP contribution >= 0.6 is 12.2 Å². The number of rotatable bonds is 4. The molecule has 2 aromatic carbocycles. The van der Waals surface area contributed by atoms with Gasteiger partial charge in [-0.1, -0.05) is 24.6 Å². The van der Waals surface area contributed by atoms with Crippen molar-refractivity contribution < 1.29 is 9.21 Å². The van der Waals surface area contributed by atoms with Crippen LogP contribution in [0.1, 0.15) is 28.6 Å². The predicted octanol–water partition coefficient (Wildman–Crippen LogP) is 4.94. The quantitative estimate of drug-likeness (QED) is 0.644. The van der Waals surface area contributed by atoms with E-state index in [2.05, 4.69) is 17.6 Å². The van der Waals surface area contributed by atoms with Gasteiger partial charge >= 0.3 is 0 Å². The summed E-state index contributed by atoms with van der Waals surface area (Å²) in [5.74, 6) is 1.56. The van der Waals surface area contributed by atoms with E-state index >= 15 is 0 Å². The van der Waals surface area contributed by atoms with Gasteiger partial charge in [-0.05, 0) is 67.7 Å².